The number of hydrogen-bond donors (Lipinski definition) is 2. The van der Waals surface area contributed by atoms with Crippen molar-refractivity contribution in [2.75, 3.05) is 23.3 Å². The van der Waals surface area contributed by atoms with Gasteiger partial charge in [-0.25, -0.2) is 4.79 Å². The molecular weight excluding hydrogens is 492 g/mol. The van der Waals surface area contributed by atoms with Crippen LogP contribution in [0.2, 0.25) is 4.34 Å². The molecule has 1 saturated carbocycles. The first kappa shape index (κ1) is 24.7. The van der Waals surface area contributed by atoms with Crippen LogP contribution in [-0.2, 0) is 10.2 Å². The number of ether oxygens (including phenoxy) is 1. The van der Waals surface area contributed by atoms with Gasteiger partial charge in [0.05, 0.1) is 21.2 Å². The Bertz CT molecular complexity index is 1230. The van der Waals surface area contributed by atoms with Gasteiger partial charge in [0.25, 0.3) is 0 Å². The minimum absolute atomic E-state index is 0.229. The maximum Gasteiger partial charge on any atom is 0.412 e. The SMILES string of the molecule is C=C(O)C1(c2ccc(N3CCC(c4sc(Cl)cc4NC(=O)O[C@H](C)c4ccccc4)CC3)cc2)CC1. The molecule has 1 aliphatic heterocycles. The number of piperidine rings is 1. The number of allylic oxidation sites excluding steroid dienone is 1. The van der Waals surface area contributed by atoms with Crippen molar-refractivity contribution < 1.29 is 14.6 Å². The van der Waals surface area contributed by atoms with Crippen molar-refractivity contribution in [2.24, 2.45) is 0 Å². The van der Waals surface area contributed by atoms with Gasteiger partial charge in [-0.05, 0) is 67.9 Å². The number of anilines is 2. The Hall–Kier alpha value is -2.96. The first-order chi connectivity index (χ1) is 17.4. The smallest absolute Gasteiger partial charge is 0.412 e. The van der Waals surface area contributed by atoms with E-state index in [0.29, 0.717) is 10.3 Å². The van der Waals surface area contributed by atoms with E-state index >= 15 is 0 Å². The minimum atomic E-state index is -0.474. The van der Waals surface area contributed by atoms with Crippen LogP contribution in [0.5, 0.6) is 0 Å². The van der Waals surface area contributed by atoms with Crippen LogP contribution in [-0.4, -0.2) is 24.3 Å². The third-order valence-electron chi connectivity index (χ3n) is 7.47. The van der Waals surface area contributed by atoms with Crippen molar-refractivity contribution in [3.63, 3.8) is 0 Å². The van der Waals surface area contributed by atoms with Gasteiger partial charge < -0.3 is 14.7 Å². The van der Waals surface area contributed by atoms with Crippen LogP contribution in [0.15, 0.2) is 73.0 Å². The average molecular weight is 523 g/mol. The number of aliphatic hydroxyl groups excluding tert-OH is 1. The fourth-order valence-electron chi connectivity index (χ4n) is 5.13. The van der Waals surface area contributed by atoms with Gasteiger partial charge in [0.2, 0.25) is 0 Å². The number of rotatable bonds is 7. The van der Waals surface area contributed by atoms with E-state index < -0.39 is 6.09 Å². The quantitative estimate of drug-likeness (QED) is 0.307. The number of nitrogens with zero attached hydrogens (tertiary/aromatic N) is 1. The molecule has 2 N–H and O–H groups in total. The second kappa shape index (κ2) is 10.2. The van der Waals surface area contributed by atoms with Crippen LogP contribution < -0.4 is 10.2 Å². The number of aliphatic hydroxyl groups is 1. The monoisotopic (exact) mass is 522 g/mol. The van der Waals surface area contributed by atoms with Crippen molar-refractivity contribution in [3.8, 4) is 0 Å². The number of thiophene rings is 1. The van der Waals surface area contributed by atoms with Gasteiger partial charge in [-0.2, -0.15) is 0 Å². The second-order valence-corrected chi connectivity index (χ2v) is 11.5. The molecule has 5 nitrogen and oxygen atoms in total. The van der Waals surface area contributed by atoms with E-state index in [2.05, 4.69) is 41.1 Å². The highest BCUT2D eigenvalue weighted by Gasteiger charge is 2.47. The summed E-state index contributed by atoms with van der Waals surface area (Å²) < 4.78 is 6.26. The van der Waals surface area contributed by atoms with Gasteiger partial charge in [0, 0.05) is 23.7 Å². The molecule has 1 atom stereocenters. The van der Waals surface area contributed by atoms with Crippen LogP contribution in [0.1, 0.15) is 60.6 Å². The molecule has 1 saturated heterocycles. The molecule has 1 aromatic heterocycles. The molecule has 2 aromatic carbocycles. The van der Waals surface area contributed by atoms with Crippen molar-refractivity contribution in [1.82, 2.24) is 0 Å². The van der Waals surface area contributed by atoms with Crippen molar-refractivity contribution in [3.05, 3.63) is 93.3 Å². The van der Waals surface area contributed by atoms with Crippen LogP contribution >= 0.6 is 22.9 Å². The zero-order valence-electron chi connectivity index (χ0n) is 20.4. The lowest BCUT2D eigenvalue weighted by atomic mass is 9.92. The first-order valence-electron chi connectivity index (χ1n) is 12.4. The highest BCUT2D eigenvalue weighted by molar-refractivity contribution is 7.16. The minimum Gasteiger partial charge on any atom is -0.512 e. The summed E-state index contributed by atoms with van der Waals surface area (Å²) in [6.45, 7) is 7.48. The highest BCUT2D eigenvalue weighted by atomic mass is 35.5. The Morgan fingerprint density at radius 3 is 2.44 bits per heavy atom. The molecule has 0 radical (unpaired) electrons. The summed E-state index contributed by atoms with van der Waals surface area (Å²) in [6.07, 6.45) is 3.05. The van der Waals surface area contributed by atoms with Crippen LogP contribution in [0.4, 0.5) is 16.2 Å². The molecule has 0 bridgehead atoms. The van der Waals surface area contributed by atoms with E-state index in [0.717, 1.165) is 60.5 Å². The normalized spacial score (nSPS) is 17.9. The molecule has 1 aliphatic carbocycles. The highest BCUT2D eigenvalue weighted by Crippen LogP contribution is 2.52. The molecule has 0 spiro atoms. The fraction of sp³-hybridized carbons (Fsp3) is 0.345. The van der Waals surface area contributed by atoms with E-state index in [1.807, 2.05) is 43.3 Å². The number of benzene rings is 2. The van der Waals surface area contributed by atoms with Gasteiger partial charge in [0.1, 0.15) is 6.10 Å². The lowest BCUT2D eigenvalue weighted by Crippen LogP contribution is -2.33. The lowest BCUT2D eigenvalue weighted by molar-refractivity contribution is 0.121. The number of carbonyl (C=O) groups is 1. The number of nitrogens with one attached hydrogen (secondary N) is 1. The summed E-state index contributed by atoms with van der Waals surface area (Å²) in [6, 6.07) is 20.1. The zero-order valence-corrected chi connectivity index (χ0v) is 21.9. The van der Waals surface area contributed by atoms with E-state index in [9.17, 15) is 9.90 Å². The molecule has 1 amide bonds. The first-order valence-corrected chi connectivity index (χ1v) is 13.6. The van der Waals surface area contributed by atoms with E-state index in [4.69, 9.17) is 16.3 Å². The Labute approximate surface area is 221 Å². The maximum absolute atomic E-state index is 12.6. The van der Waals surface area contributed by atoms with Crippen LogP contribution in [0.25, 0.3) is 0 Å². The Morgan fingerprint density at radius 2 is 1.83 bits per heavy atom. The van der Waals surface area contributed by atoms with Crippen molar-refractivity contribution in [1.29, 1.82) is 0 Å². The maximum atomic E-state index is 12.6. The summed E-state index contributed by atoms with van der Waals surface area (Å²) in [7, 11) is 0. The number of hydrogen-bond acceptors (Lipinski definition) is 5. The van der Waals surface area contributed by atoms with Gasteiger partial charge in [0.15, 0.2) is 0 Å². The standard InChI is InChI=1S/C29H31ClN2O3S/c1-19(21-6-4-3-5-7-21)35-28(34)31-25-18-26(30)36-27(25)22-12-16-32(17-13-22)24-10-8-23(9-11-24)29(14-15-29)20(2)33/h3-11,18-19,22,33H,2,12-17H2,1H3,(H,31,34)/t19-/m1/s1. The third-order valence-corrected chi connectivity index (χ3v) is 8.90. The van der Waals surface area contributed by atoms with E-state index in [-0.39, 0.29) is 17.3 Å². The van der Waals surface area contributed by atoms with E-state index in [1.54, 1.807) is 0 Å². The summed E-state index contributed by atoms with van der Waals surface area (Å²) in [5.41, 5.74) is 3.80. The second-order valence-electron chi connectivity index (χ2n) is 9.75. The molecule has 188 valence electrons. The molecule has 0 unspecified atom stereocenters. The number of halogens is 1. The molecule has 2 heterocycles. The largest absolute Gasteiger partial charge is 0.512 e. The average Bonchev–Trinajstić information content (AvgIpc) is 3.63. The lowest BCUT2D eigenvalue weighted by Gasteiger charge is -2.34. The van der Waals surface area contributed by atoms with Crippen LogP contribution in [0.3, 0.4) is 0 Å². The van der Waals surface area contributed by atoms with Crippen LogP contribution in [0, 0.1) is 0 Å². The van der Waals surface area contributed by atoms with Crippen molar-refractivity contribution >= 4 is 40.4 Å². The Kier molecular flexibility index (Phi) is 7.00. The van der Waals surface area contributed by atoms with Gasteiger partial charge >= 0.3 is 6.09 Å². The summed E-state index contributed by atoms with van der Waals surface area (Å²) in [5, 5.41) is 12.9. The zero-order chi connectivity index (χ0) is 25.3. The third kappa shape index (κ3) is 5.11. The van der Waals surface area contributed by atoms with Gasteiger partial charge in [-0.3, -0.25) is 5.32 Å². The molecule has 36 heavy (non-hydrogen) atoms. The molecule has 7 heteroatoms. The fourth-order valence-corrected chi connectivity index (χ4v) is 6.49. The van der Waals surface area contributed by atoms with Gasteiger partial charge in [-0.15, -0.1) is 11.3 Å². The predicted octanol–water partition coefficient (Wildman–Crippen LogP) is 8.20. The number of carbonyl (C=O) groups excluding carboxylic acids is 1. The molecule has 2 fully saturated rings. The molecule has 3 aromatic rings. The molecular formula is C29H31ClN2O3S. The van der Waals surface area contributed by atoms with E-state index in [1.165, 1.54) is 17.0 Å². The number of amides is 1. The molecule has 5 rings (SSSR count). The summed E-state index contributed by atoms with van der Waals surface area (Å²) in [5.74, 6) is 0.598. The summed E-state index contributed by atoms with van der Waals surface area (Å²) in [4.78, 5) is 16.1. The van der Waals surface area contributed by atoms with Crippen molar-refractivity contribution in [2.45, 2.75) is 50.0 Å². The Balaban J connectivity index is 1.19. The predicted molar refractivity (Wildman–Crippen MR) is 148 cm³/mol. The summed E-state index contributed by atoms with van der Waals surface area (Å²) >= 11 is 7.90. The topological polar surface area (TPSA) is 61.8 Å². The Morgan fingerprint density at radius 1 is 1.17 bits per heavy atom. The molecule has 2 aliphatic rings. The van der Waals surface area contributed by atoms with Gasteiger partial charge in [-0.1, -0.05) is 60.6 Å².